The number of H-pyrrole nitrogens is 1. The normalized spacial score (nSPS) is 12.7. The summed E-state index contributed by atoms with van der Waals surface area (Å²) < 4.78 is 75.5. The molecule has 2 aromatic rings. The van der Waals surface area contributed by atoms with Gasteiger partial charge in [0.05, 0.1) is 23.6 Å². The van der Waals surface area contributed by atoms with E-state index in [2.05, 4.69) is 4.98 Å². The van der Waals surface area contributed by atoms with Crippen LogP contribution in [0.3, 0.4) is 0 Å². The molecule has 0 fully saturated rings. The standard InChI is InChI=1S/C12H6F6N2/c13-11(14,15)4-7-3-8-9(20-7)2-1-6(5-19)10(8)12(16,17)18/h1-3,20H,4H2. The third-order valence-corrected chi connectivity index (χ3v) is 2.65. The molecule has 1 N–H and O–H groups in total. The minimum atomic E-state index is -4.82. The molecule has 0 saturated carbocycles. The number of rotatable bonds is 1. The summed E-state index contributed by atoms with van der Waals surface area (Å²) >= 11 is 0. The smallest absolute Gasteiger partial charge is 0.358 e. The van der Waals surface area contributed by atoms with Crippen LogP contribution in [0.1, 0.15) is 16.8 Å². The Balaban J connectivity index is 2.66. The number of aromatic amines is 1. The Morgan fingerprint density at radius 2 is 1.75 bits per heavy atom. The lowest BCUT2D eigenvalue weighted by atomic mass is 10.0. The van der Waals surface area contributed by atoms with Crippen LogP contribution in [0, 0.1) is 11.3 Å². The highest BCUT2D eigenvalue weighted by Gasteiger charge is 2.37. The van der Waals surface area contributed by atoms with E-state index in [1.54, 1.807) is 0 Å². The molecule has 1 heterocycles. The fourth-order valence-corrected chi connectivity index (χ4v) is 1.97. The molecule has 0 bridgehead atoms. The Bertz CT molecular complexity index is 687. The summed E-state index contributed by atoms with van der Waals surface area (Å²) in [6.07, 6.45) is -10.7. The molecule has 2 rings (SSSR count). The van der Waals surface area contributed by atoms with Crippen LogP contribution in [-0.2, 0) is 12.6 Å². The fraction of sp³-hybridized carbons (Fsp3) is 0.250. The molecule has 20 heavy (non-hydrogen) atoms. The van der Waals surface area contributed by atoms with E-state index in [-0.39, 0.29) is 11.2 Å². The minimum Gasteiger partial charge on any atom is -0.358 e. The van der Waals surface area contributed by atoms with Crippen LogP contribution < -0.4 is 0 Å². The lowest BCUT2D eigenvalue weighted by Gasteiger charge is -2.09. The number of aromatic nitrogens is 1. The maximum Gasteiger partial charge on any atom is 0.418 e. The third kappa shape index (κ3) is 2.71. The lowest BCUT2D eigenvalue weighted by Crippen LogP contribution is -2.11. The van der Waals surface area contributed by atoms with Gasteiger partial charge in [-0.25, -0.2) is 0 Å². The Morgan fingerprint density at radius 1 is 1.10 bits per heavy atom. The second kappa shape index (κ2) is 4.44. The largest absolute Gasteiger partial charge is 0.418 e. The van der Waals surface area contributed by atoms with Crippen molar-refractivity contribution in [2.45, 2.75) is 18.8 Å². The van der Waals surface area contributed by atoms with Gasteiger partial charge < -0.3 is 4.98 Å². The first kappa shape index (κ1) is 14.2. The molecule has 0 spiro atoms. The predicted octanol–water partition coefficient (Wildman–Crippen LogP) is 4.16. The Morgan fingerprint density at radius 3 is 2.25 bits per heavy atom. The number of fused-ring (bicyclic) bond motifs is 1. The van der Waals surface area contributed by atoms with Crippen LogP contribution in [0.4, 0.5) is 26.3 Å². The van der Waals surface area contributed by atoms with E-state index in [4.69, 9.17) is 5.26 Å². The van der Waals surface area contributed by atoms with E-state index in [9.17, 15) is 26.3 Å². The van der Waals surface area contributed by atoms with Crippen LogP contribution in [0.2, 0.25) is 0 Å². The first-order valence-corrected chi connectivity index (χ1v) is 5.30. The summed E-state index contributed by atoms with van der Waals surface area (Å²) in [5.74, 6) is 0. The zero-order valence-corrected chi connectivity index (χ0v) is 9.65. The van der Waals surface area contributed by atoms with Gasteiger partial charge in [0, 0.05) is 16.6 Å². The summed E-state index contributed by atoms with van der Waals surface area (Å²) in [6.45, 7) is 0. The van der Waals surface area contributed by atoms with Crippen LogP contribution >= 0.6 is 0 Å². The SMILES string of the molecule is N#Cc1ccc2[nH]c(CC(F)(F)F)cc2c1C(F)(F)F. The van der Waals surface area contributed by atoms with Crippen molar-refractivity contribution < 1.29 is 26.3 Å². The summed E-state index contributed by atoms with van der Waals surface area (Å²) in [5, 5.41) is 8.26. The summed E-state index contributed by atoms with van der Waals surface area (Å²) in [6, 6.07) is 4.27. The van der Waals surface area contributed by atoms with Crippen LogP contribution in [-0.4, -0.2) is 11.2 Å². The van der Waals surface area contributed by atoms with Crippen molar-refractivity contribution in [3.63, 3.8) is 0 Å². The van der Waals surface area contributed by atoms with Gasteiger partial charge in [0.2, 0.25) is 0 Å². The van der Waals surface area contributed by atoms with E-state index < -0.39 is 35.3 Å². The molecule has 1 aromatic carbocycles. The average molecular weight is 292 g/mol. The number of nitrogens with one attached hydrogen (secondary N) is 1. The van der Waals surface area contributed by atoms with Gasteiger partial charge in [-0.15, -0.1) is 0 Å². The Kier molecular flexibility index (Phi) is 3.16. The summed E-state index contributed by atoms with van der Waals surface area (Å²) in [7, 11) is 0. The highest BCUT2D eigenvalue weighted by molar-refractivity contribution is 5.86. The lowest BCUT2D eigenvalue weighted by molar-refractivity contribution is -0.136. The van der Waals surface area contributed by atoms with E-state index in [0.717, 1.165) is 18.2 Å². The molecule has 1 aromatic heterocycles. The fourth-order valence-electron chi connectivity index (χ4n) is 1.97. The molecule has 0 saturated heterocycles. The first-order chi connectivity index (χ1) is 9.12. The van der Waals surface area contributed by atoms with Gasteiger partial charge in [0.15, 0.2) is 0 Å². The molecule has 0 radical (unpaired) electrons. The average Bonchev–Trinajstić information content (AvgIpc) is 2.64. The zero-order chi connectivity index (χ0) is 15.1. The van der Waals surface area contributed by atoms with Crippen molar-refractivity contribution in [3.8, 4) is 6.07 Å². The molecule has 0 aliphatic carbocycles. The van der Waals surface area contributed by atoms with Crippen molar-refractivity contribution in [1.82, 2.24) is 4.98 Å². The monoisotopic (exact) mass is 292 g/mol. The molecule has 2 nitrogen and oxygen atoms in total. The van der Waals surface area contributed by atoms with Crippen molar-refractivity contribution in [1.29, 1.82) is 5.26 Å². The van der Waals surface area contributed by atoms with Crippen molar-refractivity contribution in [2.24, 2.45) is 0 Å². The molecule has 0 amide bonds. The molecule has 0 unspecified atom stereocenters. The Hall–Kier alpha value is -2.17. The number of nitriles is 1. The second-order valence-corrected chi connectivity index (χ2v) is 4.15. The molecule has 0 aliphatic rings. The Labute approximate surface area is 108 Å². The quantitative estimate of drug-likeness (QED) is 0.787. The second-order valence-electron chi connectivity index (χ2n) is 4.15. The molecule has 0 aliphatic heterocycles. The highest BCUT2D eigenvalue weighted by Crippen LogP contribution is 2.38. The van der Waals surface area contributed by atoms with Gasteiger partial charge in [0.25, 0.3) is 0 Å². The minimum absolute atomic E-state index is 0.0874. The molecule has 8 heteroatoms. The van der Waals surface area contributed by atoms with Crippen molar-refractivity contribution >= 4 is 10.9 Å². The number of nitrogens with zero attached hydrogens (tertiary/aromatic N) is 1. The molecule has 106 valence electrons. The van der Waals surface area contributed by atoms with E-state index >= 15 is 0 Å². The number of halogens is 6. The van der Waals surface area contributed by atoms with E-state index in [1.165, 1.54) is 6.07 Å². The van der Waals surface area contributed by atoms with Crippen LogP contribution in [0.25, 0.3) is 10.9 Å². The van der Waals surface area contributed by atoms with Crippen LogP contribution in [0.5, 0.6) is 0 Å². The number of hydrogen-bond donors (Lipinski definition) is 1. The van der Waals surface area contributed by atoms with E-state index in [0.29, 0.717) is 0 Å². The third-order valence-electron chi connectivity index (χ3n) is 2.65. The van der Waals surface area contributed by atoms with Gasteiger partial charge in [-0.2, -0.15) is 31.6 Å². The molecule has 0 atom stereocenters. The maximum atomic E-state index is 12.9. The topological polar surface area (TPSA) is 39.6 Å². The van der Waals surface area contributed by atoms with Crippen LogP contribution in [0.15, 0.2) is 18.2 Å². The number of hydrogen-bond acceptors (Lipinski definition) is 1. The summed E-state index contributed by atoms with van der Waals surface area (Å²) in [5.41, 5.74) is -2.31. The van der Waals surface area contributed by atoms with Gasteiger partial charge in [-0.05, 0) is 18.2 Å². The number of alkyl halides is 6. The zero-order valence-electron chi connectivity index (χ0n) is 9.65. The van der Waals surface area contributed by atoms with Gasteiger partial charge >= 0.3 is 12.4 Å². The van der Waals surface area contributed by atoms with Gasteiger partial charge in [0.1, 0.15) is 0 Å². The van der Waals surface area contributed by atoms with E-state index in [1.807, 2.05) is 0 Å². The maximum absolute atomic E-state index is 12.9. The number of benzene rings is 1. The van der Waals surface area contributed by atoms with Crippen molar-refractivity contribution in [2.75, 3.05) is 0 Å². The predicted molar refractivity (Wildman–Crippen MR) is 57.8 cm³/mol. The van der Waals surface area contributed by atoms with Gasteiger partial charge in [-0.1, -0.05) is 0 Å². The summed E-state index contributed by atoms with van der Waals surface area (Å²) in [4.78, 5) is 2.29. The molecular formula is C12H6F6N2. The van der Waals surface area contributed by atoms with Gasteiger partial charge in [-0.3, -0.25) is 0 Å². The highest BCUT2D eigenvalue weighted by atomic mass is 19.4. The first-order valence-electron chi connectivity index (χ1n) is 5.30. The van der Waals surface area contributed by atoms with Crippen molar-refractivity contribution in [3.05, 3.63) is 35.0 Å². The molecular weight excluding hydrogens is 286 g/mol.